The molecule has 11 heteroatoms. The summed E-state index contributed by atoms with van der Waals surface area (Å²) in [6, 6.07) is 0.0461. The zero-order valence-electron chi connectivity index (χ0n) is 18.9. The molecule has 0 aromatic heterocycles. The number of alkyl halides is 6. The third-order valence-electron chi connectivity index (χ3n) is 6.75. The summed E-state index contributed by atoms with van der Waals surface area (Å²) in [6.45, 7) is 3.45. The molecular weight excluding hydrogens is 464 g/mol. The molecule has 1 aromatic rings. The van der Waals surface area contributed by atoms with Crippen LogP contribution in [-0.2, 0) is 17.1 Å². The number of halogens is 6. The van der Waals surface area contributed by atoms with Crippen LogP contribution in [0, 0.1) is 17.8 Å². The summed E-state index contributed by atoms with van der Waals surface area (Å²) in [5.74, 6) is 0.675. The Balaban J connectivity index is 1.51. The van der Waals surface area contributed by atoms with E-state index in [9.17, 15) is 35.9 Å². The Morgan fingerprint density at radius 1 is 0.912 bits per heavy atom. The van der Waals surface area contributed by atoms with E-state index in [1.54, 1.807) is 0 Å². The number of nitrogens with zero attached hydrogens (tertiary/aromatic N) is 1. The first-order chi connectivity index (χ1) is 15.8. The monoisotopic (exact) mass is 493 g/mol. The number of hydrogen-bond donors (Lipinski definition) is 2. The molecule has 1 aliphatic heterocycles. The molecule has 1 aliphatic carbocycles. The Bertz CT molecular complexity index is 846. The molecule has 0 spiro atoms. The zero-order valence-corrected chi connectivity index (χ0v) is 18.9. The van der Waals surface area contributed by atoms with Crippen LogP contribution in [0.1, 0.15) is 56.6 Å². The molecule has 2 N–H and O–H groups in total. The fourth-order valence-corrected chi connectivity index (χ4v) is 4.71. The first-order valence-electron chi connectivity index (χ1n) is 11.5. The molecular formula is C23H29F6N3O2. The highest BCUT2D eigenvalue weighted by molar-refractivity contribution is 5.89. The zero-order chi connectivity index (χ0) is 25.1. The van der Waals surface area contributed by atoms with Gasteiger partial charge in [0.2, 0.25) is 5.91 Å². The van der Waals surface area contributed by atoms with Crippen LogP contribution in [0.5, 0.6) is 0 Å². The van der Waals surface area contributed by atoms with Gasteiger partial charge in [0.25, 0.3) is 0 Å². The Labute approximate surface area is 194 Å². The number of piperidine rings is 1. The van der Waals surface area contributed by atoms with Crippen molar-refractivity contribution in [3.8, 4) is 0 Å². The van der Waals surface area contributed by atoms with E-state index in [2.05, 4.69) is 17.6 Å². The van der Waals surface area contributed by atoms with E-state index >= 15 is 0 Å². The predicted octanol–water partition coefficient (Wildman–Crippen LogP) is 5.91. The Kier molecular flexibility index (Phi) is 8.02. The topological polar surface area (TPSA) is 61.4 Å². The van der Waals surface area contributed by atoms with Crippen LogP contribution in [-0.4, -0.2) is 36.5 Å². The molecule has 2 aliphatic rings. The van der Waals surface area contributed by atoms with Crippen LogP contribution >= 0.6 is 0 Å². The van der Waals surface area contributed by atoms with Gasteiger partial charge in [0.15, 0.2) is 0 Å². The van der Waals surface area contributed by atoms with Crippen LogP contribution in [0.15, 0.2) is 18.2 Å². The lowest BCUT2D eigenvalue weighted by molar-refractivity contribution is -0.143. The summed E-state index contributed by atoms with van der Waals surface area (Å²) < 4.78 is 77.8. The third-order valence-corrected chi connectivity index (χ3v) is 6.75. The smallest absolute Gasteiger partial charge is 0.342 e. The second kappa shape index (κ2) is 10.4. The highest BCUT2D eigenvalue weighted by atomic mass is 19.4. The van der Waals surface area contributed by atoms with Gasteiger partial charge in [-0.2, -0.15) is 26.3 Å². The summed E-state index contributed by atoms with van der Waals surface area (Å²) in [5, 5.41) is 4.58. The van der Waals surface area contributed by atoms with Gasteiger partial charge >= 0.3 is 18.4 Å². The first-order valence-corrected chi connectivity index (χ1v) is 11.5. The highest BCUT2D eigenvalue weighted by Crippen LogP contribution is 2.37. The third kappa shape index (κ3) is 6.79. The van der Waals surface area contributed by atoms with Crippen molar-refractivity contribution in [2.75, 3.05) is 25.0 Å². The van der Waals surface area contributed by atoms with Gasteiger partial charge in [-0.1, -0.05) is 19.8 Å². The van der Waals surface area contributed by atoms with Crippen LogP contribution in [0.4, 0.5) is 36.8 Å². The minimum atomic E-state index is -4.99. The van der Waals surface area contributed by atoms with Crippen molar-refractivity contribution in [2.45, 2.75) is 57.8 Å². The number of rotatable bonds is 4. The van der Waals surface area contributed by atoms with Crippen molar-refractivity contribution < 1.29 is 35.9 Å². The second-order valence-electron chi connectivity index (χ2n) is 9.27. The van der Waals surface area contributed by atoms with E-state index in [-0.39, 0.29) is 30.4 Å². The fraction of sp³-hybridized carbons (Fsp3) is 0.652. The van der Waals surface area contributed by atoms with Crippen LogP contribution < -0.4 is 10.6 Å². The summed E-state index contributed by atoms with van der Waals surface area (Å²) in [7, 11) is 0. The largest absolute Gasteiger partial charge is 0.416 e. The van der Waals surface area contributed by atoms with Gasteiger partial charge in [-0.25, -0.2) is 4.79 Å². The number of urea groups is 1. The number of benzene rings is 1. The van der Waals surface area contributed by atoms with Crippen LogP contribution in [0.25, 0.3) is 0 Å². The highest BCUT2D eigenvalue weighted by Gasteiger charge is 2.37. The number of carbonyl (C=O) groups excluding carboxylic acids is 2. The molecule has 1 heterocycles. The number of amides is 3. The fourth-order valence-electron chi connectivity index (χ4n) is 4.71. The minimum Gasteiger partial charge on any atom is -0.342 e. The van der Waals surface area contributed by atoms with Crippen LogP contribution in [0.2, 0.25) is 0 Å². The Morgan fingerprint density at radius 2 is 1.47 bits per heavy atom. The SMILES string of the molecule is C[C@@H]1CCCC[C@@H]1C(=O)N1CCC(CNC(=O)Nc2cc(C(F)(F)F)cc(C(F)(F)F)c2)CC1. The molecule has 3 amide bonds. The van der Waals surface area contributed by atoms with Gasteiger partial charge in [0.05, 0.1) is 11.1 Å². The standard InChI is InChI=1S/C23H29F6N3O2/c1-14-4-2-3-5-19(14)20(33)32-8-6-15(7-9-32)13-30-21(34)31-18-11-16(22(24,25)26)10-17(12-18)23(27,28)29/h10-12,14-15,19H,2-9,13H2,1H3,(H2,30,31,34)/t14-,19+/m1/s1. The summed E-state index contributed by atoms with van der Waals surface area (Å²) in [6.07, 6.45) is -4.48. The number of likely N-dealkylation sites (tertiary alicyclic amines) is 1. The van der Waals surface area contributed by atoms with E-state index in [4.69, 9.17) is 0 Å². The maximum Gasteiger partial charge on any atom is 0.416 e. The van der Waals surface area contributed by atoms with Crippen molar-refractivity contribution in [3.05, 3.63) is 29.3 Å². The average molecular weight is 493 g/mol. The second-order valence-corrected chi connectivity index (χ2v) is 9.27. The van der Waals surface area contributed by atoms with E-state index in [0.717, 1.165) is 25.7 Å². The van der Waals surface area contributed by atoms with Gasteiger partial charge in [0, 0.05) is 31.2 Å². The number of carbonyl (C=O) groups is 2. The Morgan fingerprint density at radius 3 is 2.00 bits per heavy atom. The molecule has 34 heavy (non-hydrogen) atoms. The van der Waals surface area contributed by atoms with E-state index in [1.807, 2.05) is 4.90 Å². The van der Waals surface area contributed by atoms with Crippen molar-refractivity contribution in [1.82, 2.24) is 10.2 Å². The molecule has 2 fully saturated rings. The molecule has 190 valence electrons. The van der Waals surface area contributed by atoms with Crippen molar-refractivity contribution in [2.24, 2.45) is 17.8 Å². The first kappa shape index (κ1) is 26.2. The Hall–Kier alpha value is -2.46. The predicted molar refractivity (Wildman–Crippen MR) is 114 cm³/mol. The lowest BCUT2D eigenvalue weighted by atomic mass is 9.79. The van der Waals surface area contributed by atoms with Crippen molar-refractivity contribution >= 4 is 17.6 Å². The molecule has 1 saturated heterocycles. The molecule has 0 bridgehead atoms. The van der Waals surface area contributed by atoms with Gasteiger partial charge < -0.3 is 15.5 Å². The van der Waals surface area contributed by atoms with Crippen molar-refractivity contribution in [1.29, 1.82) is 0 Å². The van der Waals surface area contributed by atoms with Crippen LogP contribution in [0.3, 0.4) is 0 Å². The number of nitrogens with one attached hydrogen (secondary N) is 2. The summed E-state index contributed by atoms with van der Waals surface area (Å²) in [4.78, 5) is 26.8. The maximum absolute atomic E-state index is 13.0. The summed E-state index contributed by atoms with van der Waals surface area (Å²) in [5.41, 5.74) is -3.59. The van der Waals surface area contributed by atoms with E-state index < -0.39 is 35.2 Å². The normalized spacial score (nSPS) is 22.4. The minimum absolute atomic E-state index is 0.00617. The average Bonchev–Trinajstić information content (AvgIpc) is 2.76. The van der Waals surface area contributed by atoms with Gasteiger partial charge in [0.1, 0.15) is 0 Å². The van der Waals surface area contributed by atoms with Crippen molar-refractivity contribution in [3.63, 3.8) is 0 Å². The molecule has 1 saturated carbocycles. The molecule has 0 unspecified atom stereocenters. The number of anilines is 1. The van der Waals surface area contributed by atoms with Gasteiger partial charge in [-0.3, -0.25) is 4.79 Å². The molecule has 0 radical (unpaired) electrons. The maximum atomic E-state index is 13.0. The summed E-state index contributed by atoms with van der Waals surface area (Å²) >= 11 is 0. The number of hydrogen-bond acceptors (Lipinski definition) is 2. The lowest BCUT2D eigenvalue weighted by Gasteiger charge is -2.37. The quantitative estimate of drug-likeness (QED) is 0.513. The molecule has 2 atom stereocenters. The molecule has 5 nitrogen and oxygen atoms in total. The van der Waals surface area contributed by atoms with E-state index in [0.29, 0.717) is 44.0 Å². The molecule has 3 rings (SSSR count). The molecule has 1 aromatic carbocycles. The van der Waals surface area contributed by atoms with Gasteiger partial charge in [-0.15, -0.1) is 0 Å². The lowest BCUT2D eigenvalue weighted by Crippen LogP contribution is -2.45. The van der Waals surface area contributed by atoms with Gasteiger partial charge in [-0.05, 0) is 55.7 Å². The van der Waals surface area contributed by atoms with E-state index in [1.165, 1.54) is 0 Å².